The minimum Gasteiger partial charge on any atom is -0.463 e. The van der Waals surface area contributed by atoms with Gasteiger partial charge < -0.3 is 10.5 Å². The molecule has 0 fully saturated rings. The number of para-hydroxylation sites is 1. The van der Waals surface area contributed by atoms with Crippen molar-refractivity contribution in [3.63, 3.8) is 0 Å². The van der Waals surface area contributed by atoms with Crippen LogP contribution in [0.15, 0.2) is 40.6 Å². The number of esters is 1. The van der Waals surface area contributed by atoms with Crippen LogP contribution in [-0.4, -0.2) is 12.6 Å². The lowest BCUT2D eigenvalue weighted by atomic mass is 10.3. The minimum atomic E-state index is -0.334. The Kier molecular flexibility index (Phi) is 4.77. The van der Waals surface area contributed by atoms with Crippen LogP contribution in [0.5, 0.6) is 0 Å². The Hall–Kier alpha value is -1.42. The number of nitrogens with two attached hydrogens (primary N) is 1. The fourth-order valence-corrected chi connectivity index (χ4v) is 1.63. The first-order valence-corrected chi connectivity index (χ1v) is 5.46. The summed E-state index contributed by atoms with van der Waals surface area (Å²) < 4.78 is 4.74. The summed E-state index contributed by atoms with van der Waals surface area (Å²) in [6.45, 7) is 2.16. The minimum absolute atomic E-state index is 0.334. The Morgan fingerprint density at radius 3 is 2.93 bits per heavy atom. The largest absolute Gasteiger partial charge is 0.463 e. The van der Waals surface area contributed by atoms with Crippen LogP contribution in [0, 0.1) is 0 Å². The number of anilines is 1. The van der Waals surface area contributed by atoms with E-state index in [1.807, 2.05) is 24.3 Å². The van der Waals surface area contributed by atoms with E-state index in [0.717, 1.165) is 4.90 Å². The van der Waals surface area contributed by atoms with Crippen molar-refractivity contribution in [1.29, 1.82) is 0 Å². The molecule has 0 unspecified atom stereocenters. The number of ether oxygens (including phenoxy) is 1. The molecule has 0 saturated carbocycles. The summed E-state index contributed by atoms with van der Waals surface area (Å²) in [5, 5.41) is 1.67. The van der Waals surface area contributed by atoms with Gasteiger partial charge in [-0.15, -0.1) is 0 Å². The van der Waals surface area contributed by atoms with Gasteiger partial charge in [0.2, 0.25) is 0 Å². The van der Waals surface area contributed by atoms with E-state index in [1.54, 1.807) is 12.3 Å². The molecule has 0 saturated heterocycles. The molecule has 1 rings (SSSR count). The first kappa shape index (κ1) is 11.7. The lowest BCUT2D eigenvalue weighted by Gasteiger charge is -2.00. The highest BCUT2D eigenvalue weighted by Crippen LogP contribution is 2.24. The number of hydrogen-bond donors (Lipinski definition) is 1. The lowest BCUT2D eigenvalue weighted by molar-refractivity contribution is -0.137. The Bertz CT molecular complexity index is 363. The number of thioether (sulfide) groups is 1. The van der Waals surface area contributed by atoms with Gasteiger partial charge in [0, 0.05) is 16.7 Å². The summed E-state index contributed by atoms with van der Waals surface area (Å²) in [5.74, 6) is -0.334. The highest BCUT2D eigenvalue weighted by atomic mass is 32.2. The number of carbonyl (C=O) groups is 1. The summed E-state index contributed by atoms with van der Waals surface area (Å²) in [6, 6.07) is 7.49. The normalized spacial score (nSPS) is 10.5. The Balaban J connectivity index is 2.50. The Labute approximate surface area is 93.3 Å². The van der Waals surface area contributed by atoms with Gasteiger partial charge in [-0.25, -0.2) is 4.79 Å². The molecule has 0 aliphatic carbocycles. The average molecular weight is 223 g/mol. The maximum Gasteiger partial charge on any atom is 0.331 e. The van der Waals surface area contributed by atoms with Gasteiger partial charge in [0.1, 0.15) is 0 Å². The molecule has 4 heteroatoms. The van der Waals surface area contributed by atoms with Crippen molar-refractivity contribution in [3.8, 4) is 0 Å². The third-order valence-electron chi connectivity index (χ3n) is 1.60. The van der Waals surface area contributed by atoms with E-state index in [0.29, 0.717) is 12.3 Å². The lowest BCUT2D eigenvalue weighted by Crippen LogP contribution is -1.98. The molecule has 0 spiro atoms. The molecule has 3 nitrogen and oxygen atoms in total. The van der Waals surface area contributed by atoms with Crippen molar-refractivity contribution in [2.45, 2.75) is 11.8 Å². The van der Waals surface area contributed by atoms with Crippen LogP contribution in [0.25, 0.3) is 0 Å². The average Bonchev–Trinajstić information content (AvgIpc) is 2.21. The zero-order chi connectivity index (χ0) is 11.1. The first-order valence-electron chi connectivity index (χ1n) is 4.58. The van der Waals surface area contributed by atoms with E-state index in [9.17, 15) is 4.79 Å². The molecule has 0 heterocycles. The van der Waals surface area contributed by atoms with Crippen molar-refractivity contribution in [1.82, 2.24) is 0 Å². The van der Waals surface area contributed by atoms with Crippen molar-refractivity contribution >= 4 is 23.4 Å². The highest BCUT2D eigenvalue weighted by molar-refractivity contribution is 8.02. The van der Waals surface area contributed by atoms with Gasteiger partial charge >= 0.3 is 5.97 Å². The van der Waals surface area contributed by atoms with Crippen LogP contribution in [0.2, 0.25) is 0 Å². The Morgan fingerprint density at radius 2 is 2.27 bits per heavy atom. The monoisotopic (exact) mass is 223 g/mol. The maximum atomic E-state index is 11.0. The van der Waals surface area contributed by atoms with Crippen molar-refractivity contribution in [3.05, 3.63) is 35.7 Å². The van der Waals surface area contributed by atoms with E-state index in [4.69, 9.17) is 10.5 Å². The molecule has 0 aliphatic rings. The van der Waals surface area contributed by atoms with Crippen molar-refractivity contribution < 1.29 is 9.53 Å². The van der Waals surface area contributed by atoms with Crippen LogP contribution >= 0.6 is 11.8 Å². The molecular formula is C11H13NO2S. The molecule has 15 heavy (non-hydrogen) atoms. The van der Waals surface area contributed by atoms with Crippen molar-refractivity contribution in [2.75, 3.05) is 12.3 Å². The summed E-state index contributed by atoms with van der Waals surface area (Å²) in [5.41, 5.74) is 6.43. The third-order valence-corrected chi connectivity index (χ3v) is 2.50. The number of carbonyl (C=O) groups excluding carboxylic acids is 1. The SMILES string of the molecule is CCOC(=O)/C=C/Sc1ccccc1N. The maximum absolute atomic E-state index is 11.0. The van der Waals surface area contributed by atoms with Crippen LogP contribution in [0.4, 0.5) is 5.69 Å². The number of hydrogen-bond acceptors (Lipinski definition) is 4. The van der Waals surface area contributed by atoms with Crippen LogP contribution in [0.1, 0.15) is 6.92 Å². The molecule has 0 amide bonds. The molecule has 0 aliphatic heterocycles. The van der Waals surface area contributed by atoms with Crippen LogP contribution < -0.4 is 5.73 Å². The molecule has 1 aromatic carbocycles. The second kappa shape index (κ2) is 6.14. The predicted octanol–water partition coefficient (Wildman–Crippen LogP) is 2.44. The smallest absolute Gasteiger partial charge is 0.331 e. The summed E-state index contributed by atoms with van der Waals surface area (Å²) in [6.07, 6.45) is 1.39. The Morgan fingerprint density at radius 1 is 1.53 bits per heavy atom. The van der Waals surface area contributed by atoms with Gasteiger partial charge in [0.15, 0.2) is 0 Å². The molecule has 0 bridgehead atoms. The van der Waals surface area contributed by atoms with Gasteiger partial charge in [-0.1, -0.05) is 23.9 Å². The number of rotatable bonds is 4. The van der Waals surface area contributed by atoms with Gasteiger partial charge in [0.25, 0.3) is 0 Å². The van der Waals surface area contributed by atoms with Gasteiger partial charge in [0.05, 0.1) is 6.61 Å². The third kappa shape index (κ3) is 4.08. The van der Waals surface area contributed by atoms with E-state index < -0.39 is 0 Å². The molecule has 0 radical (unpaired) electrons. The topological polar surface area (TPSA) is 52.3 Å². The standard InChI is InChI=1S/C11H13NO2S/c1-2-14-11(13)7-8-15-10-6-4-3-5-9(10)12/h3-8H,2,12H2,1H3/b8-7+. The molecule has 0 aromatic heterocycles. The van der Waals surface area contributed by atoms with E-state index in [1.165, 1.54) is 17.8 Å². The van der Waals surface area contributed by atoms with E-state index in [2.05, 4.69) is 0 Å². The zero-order valence-corrected chi connectivity index (χ0v) is 9.29. The van der Waals surface area contributed by atoms with Crippen LogP contribution in [-0.2, 0) is 9.53 Å². The quantitative estimate of drug-likeness (QED) is 0.368. The fraction of sp³-hybridized carbons (Fsp3) is 0.182. The zero-order valence-electron chi connectivity index (χ0n) is 8.47. The summed E-state index contributed by atoms with van der Waals surface area (Å²) in [4.78, 5) is 11.9. The van der Waals surface area contributed by atoms with Gasteiger partial charge in [-0.05, 0) is 24.5 Å². The second-order valence-corrected chi connectivity index (χ2v) is 3.66. The molecular weight excluding hydrogens is 210 g/mol. The molecule has 2 N–H and O–H groups in total. The van der Waals surface area contributed by atoms with E-state index >= 15 is 0 Å². The number of benzene rings is 1. The fourth-order valence-electron chi connectivity index (χ4n) is 0.941. The van der Waals surface area contributed by atoms with Crippen LogP contribution in [0.3, 0.4) is 0 Å². The molecule has 80 valence electrons. The first-order chi connectivity index (χ1) is 7.24. The van der Waals surface area contributed by atoms with Gasteiger partial charge in [-0.2, -0.15) is 0 Å². The second-order valence-electron chi connectivity index (χ2n) is 2.71. The van der Waals surface area contributed by atoms with E-state index in [-0.39, 0.29) is 5.97 Å². The number of nitrogen functional groups attached to an aromatic ring is 1. The predicted molar refractivity (Wildman–Crippen MR) is 62.5 cm³/mol. The molecule has 1 aromatic rings. The highest BCUT2D eigenvalue weighted by Gasteiger charge is 1.96. The van der Waals surface area contributed by atoms with Crippen molar-refractivity contribution in [2.24, 2.45) is 0 Å². The molecule has 0 atom stereocenters. The summed E-state index contributed by atoms with van der Waals surface area (Å²) in [7, 11) is 0. The summed E-state index contributed by atoms with van der Waals surface area (Å²) >= 11 is 1.39. The van der Waals surface area contributed by atoms with Gasteiger partial charge in [-0.3, -0.25) is 0 Å².